The van der Waals surface area contributed by atoms with E-state index in [0.717, 1.165) is 72.4 Å². The highest BCUT2D eigenvalue weighted by molar-refractivity contribution is 5.86. The molecule has 0 amide bonds. The molecule has 2 aliphatic rings. The molecule has 5 heterocycles. The van der Waals surface area contributed by atoms with Crippen molar-refractivity contribution in [3.8, 4) is 5.88 Å². The molecule has 0 unspecified atom stereocenters. The molecular formula is C25H28N6O3. The Morgan fingerprint density at radius 3 is 2.74 bits per heavy atom. The summed E-state index contributed by atoms with van der Waals surface area (Å²) < 4.78 is 17.6. The van der Waals surface area contributed by atoms with Crippen LogP contribution in [0.15, 0.2) is 41.4 Å². The fraction of sp³-hybridized carbons (Fsp3) is 0.440. The standard InChI is InChI=1S/C25H28N6O3/c1-16-12-19-21(26-14-16)13-22(31-7-10-32-11-8-31)30-25(19)34-18-4-2-17(3-5-18)29-24-23-20(6-9-33-23)27-15-28-24/h6,9,12-15,17-18H,2-5,7-8,10-11H2,1H3,(H,27,28,29). The first-order valence-corrected chi connectivity index (χ1v) is 11.9. The lowest BCUT2D eigenvalue weighted by molar-refractivity contribution is 0.122. The van der Waals surface area contributed by atoms with E-state index in [1.165, 1.54) is 0 Å². The van der Waals surface area contributed by atoms with Gasteiger partial charge in [0.05, 0.1) is 30.4 Å². The van der Waals surface area contributed by atoms with Crippen LogP contribution in [0.1, 0.15) is 31.2 Å². The number of aromatic nitrogens is 4. The first-order valence-electron chi connectivity index (χ1n) is 11.9. The van der Waals surface area contributed by atoms with Crippen LogP contribution in [-0.2, 0) is 4.74 Å². The maximum Gasteiger partial charge on any atom is 0.225 e. The summed E-state index contributed by atoms with van der Waals surface area (Å²) >= 11 is 0. The van der Waals surface area contributed by atoms with Gasteiger partial charge in [-0.25, -0.2) is 9.97 Å². The minimum Gasteiger partial charge on any atom is -0.474 e. The van der Waals surface area contributed by atoms with Gasteiger partial charge in [0, 0.05) is 37.5 Å². The third-order valence-electron chi connectivity index (χ3n) is 6.64. The van der Waals surface area contributed by atoms with Gasteiger partial charge in [0.25, 0.3) is 0 Å². The van der Waals surface area contributed by atoms with Crippen LogP contribution in [0.3, 0.4) is 0 Å². The molecule has 1 saturated heterocycles. The molecule has 0 aromatic carbocycles. The highest BCUT2D eigenvalue weighted by atomic mass is 16.5. The van der Waals surface area contributed by atoms with E-state index in [4.69, 9.17) is 18.9 Å². The molecule has 0 bridgehead atoms. The van der Waals surface area contributed by atoms with Gasteiger partial charge in [-0.3, -0.25) is 4.98 Å². The molecule has 4 aromatic rings. The number of hydrogen-bond donors (Lipinski definition) is 1. The largest absolute Gasteiger partial charge is 0.474 e. The Labute approximate surface area is 197 Å². The second-order valence-corrected chi connectivity index (χ2v) is 9.06. The Balaban J connectivity index is 1.18. The normalized spacial score (nSPS) is 21.1. The van der Waals surface area contributed by atoms with E-state index in [9.17, 15) is 0 Å². The van der Waals surface area contributed by atoms with Crippen molar-refractivity contribution in [3.05, 3.63) is 42.5 Å². The predicted octanol–water partition coefficient (Wildman–Crippen LogP) is 4.11. The number of rotatable bonds is 5. The zero-order chi connectivity index (χ0) is 22.9. The second kappa shape index (κ2) is 9.06. The second-order valence-electron chi connectivity index (χ2n) is 9.06. The lowest BCUT2D eigenvalue weighted by Gasteiger charge is -2.31. The van der Waals surface area contributed by atoms with Gasteiger partial charge in [-0.05, 0) is 44.2 Å². The average Bonchev–Trinajstić information content (AvgIpc) is 3.36. The molecule has 1 aliphatic carbocycles. The number of ether oxygens (including phenoxy) is 2. The van der Waals surface area contributed by atoms with Crippen LogP contribution in [0.4, 0.5) is 11.6 Å². The summed E-state index contributed by atoms with van der Waals surface area (Å²) in [5.41, 5.74) is 3.54. The van der Waals surface area contributed by atoms with Crippen LogP contribution in [0.2, 0.25) is 0 Å². The Kier molecular flexibility index (Phi) is 5.62. The third kappa shape index (κ3) is 4.23. The predicted molar refractivity (Wildman–Crippen MR) is 129 cm³/mol. The fourth-order valence-electron chi connectivity index (χ4n) is 4.80. The first-order chi connectivity index (χ1) is 16.7. The van der Waals surface area contributed by atoms with E-state index >= 15 is 0 Å². The van der Waals surface area contributed by atoms with Crippen LogP contribution in [0.25, 0.3) is 22.0 Å². The number of nitrogens with zero attached hydrogens (tertiary/aromatic N) is 5. The van der Waals surface area contributed by atoms with Gasteiger partial charge in [-0.2, -0.15) is 4.98 Å². The minimum absolute atomic E-state index is 0.114. The van der Waals surface area contributed by atoms with Crippen LogP contribution >= 0.6 is 0 Å². The highest BCUT2D eigenvalue weighted by Crippen LogP contribution is 2.32. The van der Waals surface area contributed by atoms with Crippen LogP contribution < -0.4 is 15.0 Å². The van der Waals surface area contributed by atoms with E-state index in [1.807, 2.05) is 19.2 Å². The number of aryl methyl sites for hydroxylation is 1. The van der Waals surface area contributed by atoms with Crippen molar-refractivity contribution in [2.45, 2.75) is 44.8 Å². The molecule has 9 heteroatoms. The molecule has 4 aromatic heterocycles. The van der Waals surface area contributed by atoms with Crippen LogP contribution in [0.5, 0.6) is 5.88 Å². The van der Waals surface area contributed by atoms with Crippen molar-refractivity contribution in [1.82, 2.24) is 19.9 Å². The number of pyridine rings is 2. The Morgan fingerprint density at radius 1 is 1.03 bits per heavy atom. The minimum atomic E-state index is 0.114. The first kappa shape index (κ1) is 21.1. The number of nitrogens with one attached hydrogen (secondary N) is 1. The lowest BCUT2D eigenvalue weighted by atomic mass is 9.93. The SMILES string of the molecule is Cc1cnc2cc(N3CCOCC3)nc(OC3CCC(Nc4ncnc5ccoc45)CC3)c2c1. The molecule has 1 saturated carbocycles. The molecule has 0 radical (unpaired) electrons. The van der Waals surface area contributed by atoms with Crippen LogP contribution in [-0.4, -0.2) is 58.4 Å². The van der Waals surface area contributed by atoms with Crippen LogP contribution in [0, 0.1) is 6.92 Å². The average molecular weight is 461 g/mol. The van der Waals surface area contributed by atoms with Crippen molar-refractivity contribution in [1.29, 1.82) is 0 Å². The summed E-state index contributed by atoms with van der Waals surface area (Å²) in [6, 6.07) is 6.35. The van der Waals surface area contributed by atoms with Gasteiger partial charge in [-0.15, -0.1) is 0 Å². The molecule has 0 atom stereocenters. The molecular weight excluding hydrogens is 432 g/mol. The number of anilines is 2. The highest BCUT2D eigenvalue weighted by Gasteiger charge is 2.25. The monoisotopic (exact) mass is 460 g/mol. The summed E-state index contributed by atoms with van der Waals surface area (Å²) in [6.45, 7) is 5.13. The van der Waals surface area contributed by atoms with Gasteiger partial charge in [0.2, 0.25) is 5.88 Å². The Hall–Kier alpha value is -3.46. The number of morpholine rings is 1. The summed E-state index contributed by atoms with van der Waals surface area (Å²) in [7, 11) is 0. The molecule has 6 rings (SSSR count). The van der Waals surface area contributed by atoms with E-state index in [1.54, 1.807) is 12.6 Å². The molecule has 9 nitrogen and oxygen atoms in total. The molecule has 176 valence electrons. The van der Waals surface area contributed by atoms with Crippen molar-refractivity contribution >= 4 is 33.6 Å². The van der Waals surface area contributed by atoms with E-state index in [2.05, 4.69) is 37.3 Å². The molecule has 1 N–H and O–H groups in total. The Morgan fingerprint density at radius 2 is 1.88 bits per heavy atom. The molecule has 2 fully saturated rings. The van der Waals surface area contributed by atoms with Gasteiger partial charge < -0.3 is 24.1 Å². The maximum atomic E-state index is 6.53. The fourth-order valence-corrected chi connectivity index (χ4v) is 4.80. The third-order valence-corrected chi connectivity index (χ3v) is 6.64. The zero-order valence-electron chi connectivity index (χ0n) is 19.2. The topological polar surface area (TPSA) is 98.4 Å². The maximum absolute atomic E-state index is 6.53. The van der Waals surface area contributed by atoms with Crippen molar-refractivity contribution in [2.75, 3.05) is 36.5 Å². The van der Waals surface area contributed by atoms with E-state index in [-0.39, 0.29) is 6.10 Å². The number of furan rings is 1. The van der Waals surface area contributed by atoms with Gasteiger partial charge >= 0.3 is 0 Å². The van der Waals surface area contributed by atoms with Crippen molar-refractivity contribution in [2.24, 2.45) is 0 Å². The van der Waals surface area contributed by atoms with E-state index in [0.29, 0.717) is 30.7 Å². The van der Waals surface area contributed by atoms with Crippen molar-refractivity contribution in [3.63, 3.8) is 0 Å². The summed E-state index contributed by atoms with van der Waals surface area (Å²) in [5.74, 6) is 2.34. The summed E-state index contributed by atoms with van der Waals surface area (Å²) in [5, 5.41) is 4.51. The Bertz CT molecular complexity index is 1290. The van der Waals surface area contributed by atoms with E-state index < -0.39 is 0 Å². The lowest BCUT2D eigenvalue weighted by Crippen LogP contribution is -2.37. The molecule has 0 spiro atoms. The quantitative estimate of drug-likeness (QED) is 0.472. The van der Waals surface area contributed by atoms with Gasteiger partial charge in [0.15, 0.2) is 11.4 Å². The van der Waals surface area contributed by atoms with Crippen molar-refractivity contribution < 1.29 is 13.9 Å². The summed E-state index contributed by atoms with van der Waals surface area (Å²) in [4.78, 5) is 20.5. The van der Waals surface area contributed by atoms with Gasteiger partial charge in [0.1, 0.15) is 23.8 Å². The molecule has 1 aliphatic heterocycles. The summed E-state index contributed by atoms with van der Waals surface area (Å²) in [6.07, 6.45) is 9.07. The van der Waals surface area contributed by atoms with Gasteiger partial charge in [-0.1, -0.05) is 0 Å². The number of fused-ring (bicyclic) bond motifs is 2. The number of hydrogen-bond acceptors (Lipinski definition) is 9. The molecule has 34 heavy (non-hydrogen) atoms. The zero-order valence-corrected chi connectivity index (χ0v) is 19.2. The smallest absolute Gasteiger partial charge is 0.225 e.